The normalized spacial score (nSPS) is 11.0. The van der Waals surface area contributed by atoms with Crippen molar-refractivity contribution in [3.05, 3.63) is 56.6 Å². The third kappa shape index (κ3) is 7.13. The van der Waals surface area contributed by atoms with Gasteiger partial charge in [-0.1, -0.05) is 46.2 Å². The molecule has 44 heavy (non-hydrogen) atoms. The van der Waals surface area contributed by atoms with Crippen LogP contribution in [0.4, 0.5) is 46.5 Å². The van der Waals surface area contributed by atoms with Crippen LogP contribution in [0.15, 0.2) is 8.68 Å². The van der Waals surface area contributed by atoms with Gasteiger partial charge in [0, 0.05) is 0 Å². The van der Waals surface area contributed by atoms with Gasteiger partial charge < -0.3 is 0 Å². The zero-order chi connectivity index (χ0) is 32.3. The monoisotopic (exact) mass is 702 g/mol. The number of hydrazine groups is 2. The first-order chi connectivity index (χ1) is 20.8. The second-order valence-electron chi connectivity index (χ2n) is 8.11. The molecule has 0 aliphatic rings. The first kappa shape index (κ1) is 33.1. The van der Waals surface area contributed by atoms with E-state index in [0.717, 1.165) is 46.2 Å². The molecule has 0 aliphatic carbocycles. The number of hydrogen-bond acceptors (Lipinski definition) is 12. The number of carbonyl (C=O) groups is 2. The molecule has 234 valence electrons. The van der Waals surface area contributed by atoms with Crippen LogP contribution < -0.4 is 21.7 Å². The summed E-state index contributed by atoms with van der Waals surface area (Å²) in [6.45, 7) is 3.30. The van der Waals surface area contributed by atoms with E-state index in [2.05, 4.69) is 20.4 Å². The number of aryl methyl sites for hydroxylation is 2. The van der Waals surface area contributed by atoms with Gasteiger partial charge in [-0.15, -0.1) is 20.4 Å². The minimum Gasteiger partial charge on any atom is -0.293 e. The highest BCUT2D eigenvalue weighted by Crippen LogP contribution is 2.40. The van der Waals surface area contributed by atoms with Crippen molar-refractivity contribution in [2.75, 3.05) is 22.4 Å². The second kappa shape index (κ2) is 13.9. The van der Waals surface area contributed by atoms with Crippen LogP contribution in [0.25, 0.3) is 11.1 Å². The highest BCUT2D eigenvalue weighted by atomic mass is 32.2. The van der Waals surface area contributed by atoms with E-state index in [-0.39, 0.29) is 11.5 Å². The second-order valence-corrected chi connectivity index (χ2v) is 12.9. The molecule has 10 nitrogen and oxygen atoms in total. The van der Waals surface area contributed by atoms with Gasteiger partial charge in [-0.2, -0.15) is 0 Å². The molecule has 4 aromatic rings. The van der Waals surface area contributed by atoms with Crippen LogP contribution in [0, 0.1) is 60.4 Å². The topological polar surface area (TPSA) is 134 Å². The first-order valence-corrected chi connectivity index (χ1v) is 15.1. The van der Waals surface area contributed by atoms with Gasteiger partial charge >= 0.3 is 0 Å². The summed E-state index contributed by atoms with van der Waals surface area (Å²) >= 11 is 4.05. The van der Waals surface area contributed by atoms with E-state index < -0.39 is 80.9 Å². The fraction of sp³-hybridized carbons (Fsp3) is 0.182. The molecule has 2 aromatic heterocycles. The highest BCUT2D eigenvalue weighted by molar-refractivity contribution is 8.01. The highest BCUT2D eigenvalue weighted by Gasteiger charge is 2.34. The molecular weight excluding hydrogens is 689 g/mol. The van der Waals surface area contributed by atoms with E-state index in [4.69, 9.17) is 0 Å². The van der Waals surface area contributed by atoms with Crippen LogP contribution in [0.2, 0.25) is 0 Å². The van der Waals surface area contributed by atoms with E-state index in [1.807, 2.05) is 0 Å². The number of carbonyl (C=O) groups excluding carboxylic acids is 2. The Balaban J connectivity index is 1.53. The molecule has 2 heterocycles. The quantitative estimate of drug-likeness (QED) is 0.0711. The smallest absolute Gasteiger partial charge is 0.248 e. The van der Waals surface area contributed by atoms with Crippen LogP contribution >= 0.6 is 46.2 Å². The molecule has 4 rings (SSSR count). The maximum Gasteiger partial charge on any atom is 0.248 e. The van der Waals surface area contributed by atoms with Crippen LogP contribution in [-0.4, -0.2) is 43.7 Å². The molecule has 0 saturated carbocycles. The number of halogens is 8. The fourth-order valence-electron chi connectivity index (χ4n) is 3.19. The Kier molecular flexibility index (Phi) is 10.5. The summed E-state index contributed by atoms with van der Waals surface area (Å²) in [6.07, 6.45) is 0. The molecular formula is C22H14F8N8O2S4. The largest absolute Gasteiger partial charge is 0.293 e. The molecule has 0 fully saturated rings. The number of hydrogen-bond donors (Lipinski definition) is 4. The van der Waals surface area contributed by atoms with Crippen molar-refractivity contribution in [3.63, 3.8) is 0 Å². The summed E-state index contributed by atoms with van der Waals surface area (Å²) in [5, 5.41) is 16.1. The van der Waals surface area contributed by atoms with E-state index >= 15 is 0 Å². The van der Waals surface area contributed by atoms with E-state index in [0.29, 0.717) is 18.7 Å². The average Bonchev–Trinajstić information content (AvgIpc) is 3.61. The molecule has 0 bridgehead atoms. The SMILES string of the molecule is Cc1nnc(SCC(=O)NNc2c(F)c(F)c(-c3c(F)c(F)c(NNC(=O)CSc4nnc(C)s4)c(F)c3F)c(F)c2F)s1. The van der Waals surface area contributed by atoms with E-state index in [1.54, 1.807) is 35.6 Å². The van der Waals surface area contributed by atoms with Gasteiger partial charge in [0.1, 0.15) is 21.4 Å². The van der Waals surface area contributed by atoms with Gasteiger partial charge in [-0.3, -0.25) is 31.3 Å². The van der Waals surface area contributed by atoms with Gasteiger partial charge in [-0.25, -0.2) is 35.1 Å². The number of nitrogens with zero attached hydrogens (tertiary/aromatic N) is 4. The minimum atomic E-state index is -2.45. The van der Waals surface area contributed by atoms with E-state index in [1.165, 1.54) is 0 Å². The van der Waals surface area contributed by atoms with Crippen LogP contribution in [-0.2, 0) is 9.59 Å². The molecule has 0 radical (unpaired) electrons. The fourth-order valence-corrected chi connectivity index (χ4v) is 6.42. The average molecular weight is 703 g/mol. The Morgan fingerprint density at radius 1 is 0.568 bits per heavy atom. The zero-order valence-corrected chi connectivity index (χ0v) is 24.9. The third-order valence-corrected chi connectivity index (χ3v) is 9.04. The molecule has 2 amide bonds. The Labute approximate surface area is 257 Å². The van der Waals surface area contributed by atoms with Crippen molar-refractivity contribution in [2.24, 2.45) is 0 Å². The molecule has 0 aliphatic heterocycles. The van der Waals surface area contributed by atoms with Gasteiger partial charge in [-0.05, 0) is 13.8 Å². The molecule has 0 spiro atoms. The Bertz CT molecular complexity index is 1570. The van der Waals surface area contributed by atoms with Crippen LogP contribution in [0.1, 0.15) is 10.0 Å². The summed E-state index contributed by atoms with van der Waals surface area (Å²) in [5.41, 5.74) is -0.663. The number of aromatic nitrogens is 4. The number of thioether (sulfide) groups is 2. The van der Waals surface area contributed by atoms with Gasteiger partial charge in [0.05, 0.1) is 22.6 Å². The number of rotatable bonds is 11. The summed E-state index contributed by atoms with van der Waals surface area (Å²) < 4.78 is 119. The van der Waals surface area contributed by atoms with Crippen molar-refractivity contribution in [3.8, 4) is 11.1 Å². The maximum atomic E-state index is 14.9. The summed E-state index contributed by atoms with van der Waals surface area (Å²) in [5.74, 6) is -21.6. The summed E-state index contributed by atoms with van der Waals surface area (Å²) in [4.78, 5) is 24.0. The molecule has 22 heteroatoms. The standard InChI is InChI=1S/C22H14F8N8O2S4/c1-5-31-37-21(43-5)41-3-7(39)33-35-19-15(27)11(23)9(12(24)16(19)28)10-13(25)17(29)20(18(30)14(10)26)36-34-8(40)4-42-22-38-32-6(2)44-22/h35-36H,3-4H2,1-2H3,(H,33,39)(H,34,40). The van der Waals surface area contributed by atoms with Gasteiger partial charge in [0.25, 0.3) is 0 Å². The number of benzene rings is 2. The van der Waals surface area contributed by atoms with Gasteiger partial charge in [0.2, 0.25) is 11.8 Å². The lowest BCUT2D eigenvalue weighted by Gasteiger charge is -2.17. The van der Waals surface area contributed by atoms with E-state index in [9.17, 15) is 44.7 Å². The Hall–Kier alpha value is -3.76. The predicted molar refractivity (Wildman–Crippen MR) is 146 cm³/mol. The molecule has 0 saturated heterocycles. The van der Waals surface area contributed by atoms with Crippen LogP contribution in [0.3, 0.4) is 0 Å². The number of nitrogens with one attached hydrogen (secondary N) is 4. The number of anilines is 2. The van der Waals surface area contributed by atoms with Crippen molar-refractivity contribution in [2.45, 2.75) is 22.5 Å². The lowest BCUT2D eigenvalue weighted by atomic mass is 10.00. The lowest BCUT2D eigenvalue weighted by molar-refractivity contribution is -0.118. The molecule has 0 atom stereocenters. The predicted octanol–water partition coefficient (Wildman–Crippen LogP) is 5.26. The minimum absolute atomic E-state index is 0.369. The summed E-state index contributed by atoms with van der Waals surface area (Å²) in [7, 11) is 0. The van der Waals surface area contributed by atoms with Crippen molar-refractivity contribution in [1.82, 2.24) is 31.2 Å². The van der Waals surface area contributed by atoms with Crippen LogP contribution in [0.5, 0.6) is 0 Å². The maximum absolute atomic E-state index is 14.9. The van der Waals surface area contributed by atoms with Gasteiger partial charge in [0.15, 0.2) is 55.2 Å². The molecule has 0 unspecified atom stereocenters. The number of amides is 2. The third-order valence-electron chi connectivity index (χ3n) is 5.10. The van der Waals surface area contributed by atoms with Crippen molar-refractivity contribution >= 4 is 69.4 Å². The summed E-state index contributed by atoms with van der Waals surface area (Å²) in [6, 6.07) is 0. The lowest BCUT2D eigenvalue weighted by Crippen LogP contribution is -2.32. The Morgan fingerprint density at radius 2 is 0.886 bits per heavy atom. The molecule has 4 N–H and O–H groups in total. The zero-order valence-electron chi connectivity index (χ0n) is 21.7. The molecule has 2 aromatic carbocycles. The first-order valence-electron chi connectivity index (χ1n) is 11.5. The Morgan fingerprint density at radius 3 is 1.16 bits per heavy atom. The van der Waals surface area contributed by atoms with Crippen molar-refractivity contribution in [1.29, 1.82) is 0 Å². The van der Waals surface area contributed by atoms with Crippen molar-refractivity contribution < 1.29 is 44.7 Å².